The van der Waals surface area contributed by atoms with Gasteiger partial charge in [-0.15, -0.1) is 0 Å². The standard InChI is InChI=1S/C11H16F2N2/c1-7(2)6-15-10(8-3-4-8)5-9(14-15)11(12)13/h5,7-8,11H,3-4,6H2,1-2H3. The minimum Gasteiger partial charge on any atom is -0.269 e. The quantitative estimate of drug-likeness (QED) is 0.751. The van der Waals surface area contributed by atoms with Crippen LogP contribution in [0.4, 0.5) is 8.78 Å². The molecule has 2 rings (SSSR count). The van der Waals surface area contributed by atoms with Gasteiger partial charge in [-0.05, 0) is 24.8 Å². The molecule has 0 bridgehead atoms. The zero-order valence-electron chi connectivity index (χ0n) is 9.08. The van der Waals surface area contributed by atoms with E-state index in [1.165, 1.54) is 0 Å². The zero-order valence-corrected chi connectivity index (χ0v) is 9.08. The molecule has 0 radical (unpaired) electrons. The lowest BCUT2D eigenvalue weighted by molar-refractivity contribution is 0.144. The Labute approximate surface area is 88.3 Å². The molecule has 84 valence electrons. The van der Waals surface area contributed by atoms with Crippen LogP contribution in [0.2, 0.25) is 0 Å². The highest BCUT2D eigenvalue weighted by atomic mass is 19.3. The maximum absolute atomic E-state index is 12.5. The van der Waals surface area contributed by atoms with E-state index in [0.29, 0.717) is 11.8 Å². The fourth-order valence-electron chi connectivity index (χ4n) is 1.76. The molecule has 0 aromatic carbocycles. The minimum atomic E-state index is -2.45. The average Bonchev–Trinajstić information content (AvgIpc) is 2.88. The van der Waals surface area contributed by atoms with E-state index in [9.17, 15) is 8.78 Å². The van der Waals surface area contributed by atoms with Crippen molar-refractivity contribution in [1.82, 2.24) is 9.78 Å². The van der Waals surface area contributed by atoms with Crippen LogP contribution in [0.3, 0.4) is 0 Å². The first-order chi connectivity index (χ1) is 7.08. The summed E-state index contributed by atoms with van der Waals surface area (Å²) in [5.41, 5.74) is 0.927. The topological polar surface area (TPSA) is 17.8 Å². The number of halogens is 2. The van der Waals surface area contributed by atoms with E-state index in [-0.39, 0.29) is 5.69 Å². The van der Waals surface area contributed by atoms with Crippen molar-refractivity contribution >= 4 is 0 Å². The Kier molecular flexibility index (Phi) is 2.76. The van der Waals surface area contributed by atoms with Crippen molar-refractivity contribution in [3.8, 4) is 0 Å². The smallest absolute Gasteiger partial charge is 0.269 e. The third-order valence-electron chi connectivity index (χ3n) is 2.59. The van der Waals surface area contributed by atoms with Gasteiger partial charge in [0.15, 0.2) is 0 Å². The fourth-order valence-corrected chi connectivity index (χ4v) is 1.76. The van der Waals surface area contributed by atoms with E-state index < -0.39 is 6.43 Å². The highest BCUT2D eigenvalue weighted by molar-refractivity contribution is 5.19. The molecule has 1 aliphatic rings. The molecule has 0 N–H and O–H groups in total. The molecule has 1 aliphatic carbocycles. The summed E-state index contributed by atoms with van der Waals surface area (Å²) >= 11 is 0. The largest absolute Gasteiger partial charge is 0.282 e. The Morgan fingerprint density at radius 3 is 2.60 bits per heavy atom. The fraction of sp³-hybridized carbons (Fsp3) is 0.727. The van der Waals surface area contributed by atoms with Gasteiger partial charge >= 0.3 is 0 Å². The third kappa shape index (κ3) is 2.36. The normalized spacial score (nSPS) is 16.7. The van der Waals surface area contributed by atoms with E-state index in [4.69, 9.17) is 0 Å². The van der Waals surface area contributed by atoms with Gasteiger partial charge in [0.1, 0.15) is 5.69 Å². The Morgan fingerprint density at radius 2 is 2.13 bits per heavy atom. The van der Waals surface area contributed by atoms with Gasteiger partial charge in [-0.1, -0.05) is 13.8 Å². The number of hydrogen-bond donors (Lipinski definition) is 0. The predicted molar refractivity (Wildman–Crippen MR) is 54.0 cm³/mol. The van der Waals surface area contributed by atoms with Gasteiger partial charge in [-0.3, -0.25) is 4.68 Å². The van der Waals surface area contributed by atoms with Crippen molar-refractivity contribution in [3.05, 3.63) is 17.5 Å². The lowest BCUT2D eigenvalue weighted by Crippen LogP contribution is -2.09. The molecular formula is C11H16F2N2. The van der Waals surface area contributed by atoms with Crippen molar-refractivity contribution in [1.29, 1.82) is 0 Å². The monoisotopic (exact) mass is 214 g/mol. The van der Waals surface area contributed by atoms with Gasteiger partial charge in [-0.25, -0.2) is 8.78 Å². The predicted octanol–water partition coefficient (Wildman–Crippen LogP) is 3.35. The first-order valence-electron chi connectivity index (χ1n) is 5.43. The average molecular weight is 214 g/mol. The highest BCUT2D eigenvalue weighted by Crippen LogP contribution is 2.41. The number of rotatable bonds is 4. The number of aromatic nitrogens is 2. The Morgan fingerprint density at radius 1 is 1.47 bits per heavy atom. The van der Waals surface area contributed by atoms with Crippen LogP contribution in [0.15, 0.2) is 6.07 Å². The van der Waals surface area contributed by atoms with Crippen molar-refractivity contribution in [2.24, 2.45) is 5.92 Å². The Balaban J connectivity index is 2.24. The summed E-state index contributed by atoms with van der Waals surface area (Å²) in [5, 5.41) is 3.98. The summed E-state index contributed by atoms with van der Waals surface area (Å²) < 4.78 is 26.8. The molecule has 1 aromatic rings. The summed E-state index contributed by atoms with van der Waals surface area (Å²) in [6.07, 6.45) is -0.213. The maximum atomic E-state index is 12.5. The molecular weight excluding hydrogens is 198 g/mol. The van der Waals surface area contributed by atoms with E-state index in [2.05, 4.69) is 18.9 Å². The van der Waals surface area contributed by atoms with Crippen LogP contribution in [0.25, 0.3) is 0 Å². The second kappa shape index (κ2) is 3.91. The number of nitrogens with zero attached hydrogens (tertiary/aromatic N) is 2. The first-order valence-corrected chi connectivity index (χ1v) is 5.43. The van der Waals surface area contributed by atoms with Gasteiger partial charge < -0.3 is 0 Å². The lowest BCUT2D eigenvalue weighted by atomic mass is 10.2. The van der Waals surface area contributed by atoms with Gasteiger partial charge in [0.05, 0.1) is 0 Å². The van der Waals surface area contributed by atoms with Gasteiger partial charge in [0.2, 0.25) is 0 Å². The second-order valence-electron chi connectivity index (χ2n) is 4.64. The van der Waals surface area contributed by atoms with E-state index in [0.717, 1.165) is 25.1 Å². The molecule has 0 unspecified atom stereocenters. The highest BCUT2D eigenvalue weighted by Gasteiger charge is 2.29. The summed E-state index contributed by atoms with van der Waals surface area (Å²) in [6, 6.07) is 1.57. The molecule has 0 spiro atoms. The zero-order chi connectivity index (χ0) is 11.0. The van der Waals surface area contributed by atoms with Crippen molar-refractivity contribution in [3.63, 3.8) is 0 Å². The van der Waals surface area contributed by atoms with Gasteiger partial charge in [0.25, 0.3) is 6.43 Å². The van der Waals surface area contributed by atoms with Crippen LogP contribution in [0.1, 0.15) is 50.4 Å². The summed E-state index contributed by atoms with van der Waals surface area (Å²) in [7, 11) is 0. The summed E-state index contributed by atoms with van der Waals surface area (Å²) in [6.45, 7) is 4.87. The van der Waals surface area contributed by atoms with Crippen LogP contribution >= 0.6 is 0 Å². The molecule has 0 atom stereocenters. The molecule has 2 nitrogen and oxygen atoms in total. The second-order valence-corrected chi connectivity index (χ2v) is 4.64. The van der Waals surface area contributed by atoms with Crippen LogP contribution in [-0.4, -0.2) is 9.78 Å². The molecule has 1 saturated carbocycles. The molecule has 1 heterocycles. The third-order valence-corrected chi connectivity index (χ3v) is 2.59. The summed E-state index contributed by atoms with van der Waals surface area (Å²) in [5.74, 6) is 0.914. The van der Waals surface area contributed by atoms with Crippen LogP contribution in [-0.2, 0) is 6.54 Å². The Hall–Kier alpha value is -0.930. The van der Waals surface area contributed by atoms with Crippen LogP contribution in [0, 0.1) is 5.92 Å². The molecule has 15 heavy (non-hydrogen) atoms. The van der Waals surface area contributed by atoms with Crippen molar-refractivity contribution in [2.45, 2.75) is 45.6 Å². The summed E-state index contributed by atoms with van der Waals surface area (Å²) in [4.78, 5) is 0. The van der Waals surface area contributed by atoms with Crippen LogP contribution in [0.5, 0.6) is 0 Å². The SMILES string of the molecule is CC(C)Cn1nc(C(F)F)cc1C1CC1. The van der Waals surface area contributed by atoms with E-state index in [1.54, 1.807) is 10.7 Å². The molecule has 4 heteroatoms. The molecule has 1 aromatic heterocycles. The van der Waals surface area contributed by atoms with Gasteiger partial charge in [0, 0.05) is 18.2 Å². The maximum Gasteiger partial charge on any atom is 0.282 e. The number of alkyl halides is 2. The lowest BCUT2D eigenvalue weighted by Gasteiger charge is -2.08. The van der Waals surface area contributed by atoms with Crippen molar-refractivity contribution in [2.75, 3.05) is 0 Å². The Bertz CT molecular complexity index is 340. The van der Waals surface area contributed by atoms with E-state index in [1.807, 2.05) is 0 Å². The number of hydrogen-bond acceptors (Lipinski definition) is 1. The molecule has 0 aliphatic heterocycles. The van der Waals surface area contributed by atoms with Crippen LogP contribution < -0.4 is 0 Å². The molecule has 1 fully saturated rings. The molecule has 0 saturated heterocycles. The minimum absolute atomic E-state index is 0.0717. The van der Waals surface area contributed by atoms with Crippen molar-refractivity contribution < 1.29 is 8.78 Å². The van der Waals surface area contributed by atoms with E-state index >= 15 is 0 Å². The molecule has 0 amide bonds. The first kappa shape index (κ1) is 10.6. The van der Waals surface area contributed by atoms with Gasteiger partial charge in [-0.2, -0.15) is 5.10 Å².